The van der Waals surface area contributed by atoms with Crippen LogP contribution < -0.4 is 0 Å². The summed E-state index contributed by atoms with van der Waals surface area (Å²) in [4.78, 5) is 14.1. The number of carbonyl (C=O) groups excluding carboxylic acids is 1. The van der Waals surface area contributed by atoms with Gasteiger partial charge in [0.15, 0.2) is 0 Å². The van der Waals surface area contributed by atoms with Crippen molar-refractivity contribution in [3.63, 3.8) is 0 Å². The minimum atomic E-state index is 0.0336. The van der Waals surface area contributed by atoms with Crippen molar-refractivity contribution in [3.8, 4) is 0 Å². The van der Waals surface area contributed by atoms with Gasteiger partial charge in [-0.15, -0.1) is 0 Å². The Morgan fingerprint density at radius 2 is 2.00 bits per heavy atom. The topological polar surface area (TPSA) is 40.5 Å². The number of nitrogens with zero attached hydrogens (tertiary/aromatic N) is 1. The zero-order chi connectivity index (χ0) is 14.4. The molecular weight excluding hydrogens is 250 g/mol. The number of aryl methyl sites for hydroxylation is 1. The molecule has 0 saturated carbocycles. The molecule has 0 radical (unpaired) electrons. The van der Waals surface area contributed by atoms with E-state index in [1.54, 1.807) is 0 Å². The summed E-state index contributed by atoms with van der Waals surface area (Å²) in [6.45, 7) is 3.07. The highest BCUT2D eigenvalue weighted by atomic mass is 16.3. The van der Waals surface area contributed by atoms with E-state index in [-0.39, 0.29) is 18.6 Å². The summed E-state index contributed by atoms with van der Waals surface area (Å²) < 4.78 is 0. The second kappa shape index (κ2) is 7.44. The SMILES string of the molecule is CCCCc1ccc(CC(=O)N2CCC[C@H]2CO)cc1. The zero-order valence-corrected chi connectivity index (χ0v) is 12.3. The Bertz CT molecular complexity index is 427. The van der Waals surface area contributed by atoms with Crippen molar-refractivity contribution in [1.82, 2.24) is 4.90 Å². The Morgan fingerprint density at radius 3 is 2.65 bits per heavy atom. The molecule has 3 heteroatoms. The van der Waals surface area contributed by atoms with Gasteiger partial charge in [-0.2, -0.15) is 0 Å². The normalized spacial score (nSPS) is 18.5. The Hall–Kier alpha value is -1.35. The summed E-state index contributed by atoms with van der Waals surface area (Å²) in [5.41, 5.74) is 2.41. The first kappa shape index (κ1) is 15.0. The quantitative estimate of drug-likeness (QED) is 0.867. The third-order valence-corrected chi connectivity index (χ3v) is 4.11. The molecule has 0 spiro atoms. The standard InChI is InChI=1S/C17H25NO2/c1-2-3-5-14-7-9-15(10-8-14)12-17(20)18-11-4-6-16(18)13-19/h7-10,16,19H,2-6,11-13H2,1H3/t16-/m0/s1. The smallest absolute Gasteiger partial charge is 0.227 e. The van der Waals surface area contributed by atoms with E-state index in [0.29, 0.717) is 6.42 Å². The van der Waals surface area contributed by atoms with Gasteiger partial charge in [-0.1, -0.05) is 37.6 Å². The average Bonchev–Trinajstić information content (AvgIpc) is 2.95. The number of likely N-dealkylation sites (tertiary alicyclic amines) is 1. The molecule has 1 atom stereocenters. The van der Waals surface area contributed by atoms with E-state index in [1.807, 2.05) is 4.90 Å². The number of hydrogen-bond acceptors (Lipinski definition) is 2. The van der Waals surface area contributed by atoms with Crippen LogP contribution in [0.4, 0.5) is 0 Å². The van der Waals surface area contributed by atoms with Crippen molar-refractivity contribution in [1.29, 1.82) is 0 Å². The van der Waals surface area contributed by atoms with Crippen molar-refractivity contribution >= 4 is 5.91 Å². The summed E-state index contributed by atoms with van der Waals surface area (Å²) in [5.74, 6) is 0.142. The average molecular weight is 275 g/mol. The fourth-order valence-corrected chi connectivity index (χ4v) is 2.83. The maximum atomic E-state index is 12.3. The molecule has 0 bridgehead atoms. The number of amides is 1. The molecule has 0 aliphatic carbocycles. The van der Waals surface area contributed by atoms with Gasteiger partial charge in [-0.05, 0) is 36.8 Å². The lowest BCUT2D eigenvalue weighted by Crippen LogP contribution is -2.38. The second-order valence-electron chi connectivity index (χ2n) is 5.66. The lowest BCUT2D eigenvalue weighted by Gasteiger charge is -2.23. The molecule has 1 aromatic rings. The monoisotopic (exact) mass is 275 g/mol. The number of benzene rings is 1. The van der Waals surface area contributed by atoms with Crippen molar-refractivity contribution in [3.05, 3.63) is 35.4 Å². The lowest BCUT2D eigenvalue weighted by atomic mass is 10.0. The highest BCUT2D eigenvalue weighted by Crippen LogP contribution is 2.18. The van der Waals surface area contributed by atoms with E-state index in [1.165, 1.54) is 18.4 Å². The van der Waals surface area contributed by atoms with Crippen LogP contribution in [0.3, 0.4) is 0 Å². The van der Waals surface area contributed by atoms with Gasteiger partial charge in [-0.25, -0.2) is 0 Å². The molecule has 3 nitrogen and oxygen atoms in total. The molecule has 1 aromatic carbocycles. The maximum Gasteiger partial charge on any atom is 0.227 e. The van der Waals surface area contributed by atoms with Crippen LogP contribution in [0.2, 0.25) is 0 Å². The molecule has 20 heavy (non-hydrogen) atoms. The minimum absolute atomic E-state index is 0.0336. The van der Waals surface area contributed by atoms with Crippen LogP contribution in [0, 0.1) is 0 Å². The lowest BCUT2D eigenvalue weighted by molar-refractivity contribution is -0.131. The number of hydrogen-bond donors (Lipinski definition) is 1. The number of rotatable bonds is 6. The maximum absolute atomic E-state index is 12.3. The zero-order valence-electron chi connectivity index (χ0n) is 12.3. The van der Waals surface area contributed by atoms with Gasteiger partial charge in [0.05, 0.1) is 19.1 Å². The van der Waals surface area contributed by atoms with E-state index in [2.05, 4.69) is 31.2 Å². The first-order valence-corrected chi connectivity index (χ1v) is 7.72. The van der Waals surface area contributed by atoms with Crippen LogP contribution in [0.1, 0.15) is 43.7 Å². The molecule has 0 aromatic heterocycles. The van der Waals surface area contributed by atoms with Crippen LogP contribution in [-0.2, 0) is 17.6 Å². The molecule has 2 rings (SSSR count). The molecule has 110 valence electrons. The van der Waals surface area contributed by atoms with Gasteiger partial charge in [0.2, 0.25) is 5.91 Å². The van der Waals surface area contributed by atoms with E-state index in [9.17, 15) is 9.90 Å². The molecular formula is C17H25NO2. The van der Waals surface area contributed by atoms with Crippen LogP contribution in [0.5, 0.6) is 0 Å². The van der Waals surface area contributed by atoms with Crippen molar-refractivity contribution < 1.29 is 9.90 Å². The van der Waals surface area contributed by atoms with E-state index < -0.39 is 0 Å². The van der Waals surface area contributed by atoms with Gasteiger partial charge < -0.3 is 10.0 Å². The fourth-order valence-electron chi connectivity index (χ4n) is 2.83. The Labute approximate surface area is 121 Å². The fraction of sp³-hybridized carbons (Fsp3) is 0.588. The van der Waals surface area contributed by atoms with Crippen molar-refractivity contribution in [2.24, 2.45) is 0 Å². The molecule has 1 heterocycles. The van der Waals surface area contributed by atoms with Gasteiger partial charge in [-0.3, -0.25) is 4.79 Å². The van der Waals surface area contributed by atoms with Crippen LogP contribution >= 0.6 is 0 Å². The minimum Gasteiger partial charge on any atom is -0.394 e. The largest absolute Gasteiger partial charge is 0.394 e. The Morgan fingerprint density at radius 1 is 1.30 bits per heavy atom. The van der Waals surface area contributed by atoms with Gasteiger partial charge in [0, 0.05) is 6.54 Å². The summed E-state index contributed by atoms with van der Waals surface area (Å²) >= 11 is 0. The van der Waals surface area contributed by atoms with Crippen molar-refractivity contribution in [2.45, 2.75) is 51.5 Å². The van der Waals surface area contributed by atoms with Gasteiger partial charge in [0.25, 0.3) is 0 Å². The predicted molar refractivity (Wildman–Crippen MR) is 80.6 cm³/mol. The summed E-state index contributed by atoms with van der Waals surface area (Å²) in [7, 11) is 0. The van der Waals surface area contributed by atoms with Gasteiger partial charge in [0.1, 0.15) is 0 Å². The second-order valence-corrected chi connectivity index (χ2v) is 5.66. The molecule has 1 amide bonds. The third-order valence-electron chi connectivity index (χ3n) is 4.11. The van der Waals surface area contributed by atoms with Crippen LogP contribution in [-0.4, -0.2) is 35.1 Å². The molecule has 1 saturated heterocycles. The molecule has 1 N–H and O–H groups in total. The summed E-state index contributed by atoms with van der Waals surface area (Å²) in [6.07, 6.45) is 5.92. The molecule has 1 fully saturated rings. The van der Waals surface area contributed by atoms with Crippen LogP contribution in [0.25, 0.3) is 0 Å². The highest BCUT2D eigenvalue weighted by molar-refractivity contribution is 5.79. The summed E-state index contributed by atoms with van der Waals surface area (Å²) in [5, 5.41) is 9.28. The predicted octanol–water partition coefficient (Wildman–Crippen LogP) is 2.56. The van der Waals surface area contributed by atoms with Crippen molar-refractivity contribution in [2.75, 3.05) is 13.2 Å². The molecule has 1 aliphatic rings. The molecule has 0 unspecified atom stereocenters. The number of aliphatic hydroxyl groups excluding tert-OH is 1. The summed E-state index contributed by atoms with van der Waals surface area (Å²) in [6, 6.07) is 8.42. The first-order valence-electron chi connectivity index (χ1n) is 7.72. The number of aliphatic hydroxyl groups is 1. The Kier molecular flexibility index (Phi) is 5.60. The first-order chi connectivity index (χ1) is 9.74. The van der Waals surface area contributed by atoms with Crippen LogP contribution in [0.15, 0.2) is 24.3 Å². The highest BCUT2D eigenvalue weighted by Gasteiger charge is 2.27. The number of unbranched alkanes of at least 4 members (excludes halogenated alkanes) is 1. The van der Waals surface area contributed by atoms with E-state index >= 15 is 0 Å². The third kappa shape index (κ3) is 3.83. The van der Waals surface area contributed by atoms with E-state index in [4.69, 9.17) is 0 Å². The Balaban J connectivity index is 1.90. The van der Waals surface area contributed by atoms with E-state index in [0.717, 1.165) is 31.4 Å². The number of carbonyl (C=O) groups is 1. The van der Waals surface area contributed by atoms with Gasteiger partial charge >= 0.3 is 0 Å². The molecule has 1 aliphatic heterocycles.